The Morgan fingerprint density at radius 2 is 2.17 bits per heavy atom. The number of benzene rings is 1. The fourth-order valence-electron chi connectivity index (χ4n) is 1.28. The molecule has 0 radical (unpaired) electrons. The Labute approximate surface area is 106 Å². The van der Waals surface area contributed by atoms with Crippen LogP contribution < -0.4 is 4.72 Å². The van der Waals surface area contributed by atoms with Crippen molar-refractivity contribution in [3.05, 3.63) is 29.8 Å². The summed E-state index contributed by atoms with van der Waals surface area (Å²) in [6, 6.07) is 4.89. The molecule has 1 aromatic rings. The van der Waals surface area contributed by atoms with Crippen LogP contribution in [0.1, 0.15) is 17.3 Å². The van der Waals surface area contributed by atoms with Gasteiger partial charge in [-0.1, -0.05) is 6.07 Å². The van der Waals surface area contributed by atoms with Gasteiger partial charge in [0.05, 0.1) is 24.2 Å². The number of sulfonamides is 1. The van der Waals surface area contributed by atoms with Crippen LogP contribution in [-0.2, 0) is 14.8 Å². The molecular weight excluding hydrogens is 258 g/mol. The molecule has 0 amide bonds. The molecule has 0 aliphatic carbocycles. The van der Waals surface area contributed by atoms with E-state index < -0.39 is 22.0 Å². The van der Waals surface area contributed by atoms with E-state index in [1.54, 1.807) is 0 Å². The fraction of sp³-hybridized carbons (Fsp3) is 0.364. The summed E-state index contributed by atoms with van der Waals surface area (Å²) < 4.78 is 30.6. The van der Waals surface area contributed by atoms with Gasteiger partial charge in [-0.05, 0) is 25.1 Å². The molecule has 100 valence electrons. The zero-order valence-corrected chi connectivity index (χ0v) is 10.9. The van der Waals surface area contributed by atoms with Gasteiger partial charge in [-0.2, -0.15) is 0 Å². The lowest BCUT2D eigenvalue weighted by atomic mass is 10.2. The lowest BCUT2D eigenvalue weighted by molar-refractivity contribution is 0.0600. The van der Waals surface area contributed by atoms with Crippen molar-refractivity contribution in [1.29, 1.82) is 0 Å². The Morgan fingerprint density at radius 1 is 1.50 bits per heavy atom. The molecule has 0 fully saturated rings. The van der Waals surface area contributed by atoms with Crippen molar-refractivity contribution >= 4 is 16.0 Å². The van der Waals surface area contributed by atoms with Crippen LogP contribution in [0.3, 0.4) is 0 Å². The summed E-state index contributed by atoms with van der Waals surface area (Å²) in [6.07, 6.45) is 0. The number of hydrogen-bond acceptors (Lipinski definition) is 5. The van der Waals surface area contributed by atoms with Gasteiger partial charge in [0.2, 0.25) is 10.0 Å². The highest BCUT2D eigenvalue weighted by Crippen LogP contribution is 2.12. The molecule has 0 spiro atoms. The lowest BCUT2D eigenvalue weighted by Crippen LogP contribution is -2.35. The summed E-state index contributed by atoms with van der Waals surface area (Å²) in [6.45, 7) is 1.22. The van der Waals surface area contributed by atoms with E-state index in [-0.39, 0.29) is 17.1 Å². The second-order valence-corrected chi connectivity index (χ2v) is 5.44. The topological polar surface area (TPSA) is 92.7 Å². The van der Waals surface area contributed by atoms with Crippen molar-refractivity contribution in [3.63, 3.8) is 0 Å². The van der Waals surface area contributed by atoms with Crippen LogP contribution in [0, 0.1) is 0 Å². The maximum absolute atomic E-state index is 11.9. The first-order chi connectivity index (χ1) is 8.40. The van der Waals surface area contributed by atoms with Gasteiger partial charge < -0.3 is 9.84 Å². The maximum atomic E-state index is 11.9. The predicted octanol–water partition coefficient (Wildman–Crippen LogP) is 0.132. The molecule has 0 saturated carbocycles. The van der Waals surface area contributed by atoms with Gasteiger partial charge in [0.25, 0.3) is 0 Å². The second kappa shape index (κ2) is 5.94. The number of nitrogens with one attached hydrogen (secondary N) is 1. The average Bonchev–Trinajstić information content (AvgIpc) is 2.37. The minimum absolute atomic E-state index is 0.0503. The Hall–Kier alpha value is -1.44. The van der Waals surface area contributed by atoms with Crippen molar-refractivity contribution in [2.45, 2.75) is 17.9 Å². The van der Waals surface area contributed by atoms with E-state index in [1.165, 1.54) is 38.3 Å². The van der Waals surface area contributed by atoms with E-state index in [2.05, 4.69) is 9.46 Å². The van der Waals surface area contributed by atoms with Crippen LogP contribution in [0.2, 0.25) is 0 Å². The molecule has 0 bridgehead atoms. The van der Waals surface area contributed by atoms with Crippen molar-refractivity contribution in [2.75, 3.05) is 13.7 Å². The van der Waals surface area contributed by atoms with E-state index in [1.807, 2.05) is 0 Å². The normalized spacial score (nSPS) is 13.1. The first-order valence-electron chi connectivity index (χ1n) is 5.22. The molecule has 1 atom stereocenters. The molecule has 1 aromatic carbocycles. The van der Waals surface area contributed by atoms with Crippen molar-refractivity contribution in [3.8, 4) is 0 Å². The van der Waals surface area contributed by atoms with Crippen LogP contribution >= 0.6 is 0 Å². The molecule has 0 saturated heterocycles. The third-order valence-electron chi connectivity index (χ3n) is 2.20. The number of carbonyl (C=O) groups is 1. The number of methoxy groups -OCH3 is 1. The Morgan fingerprint density at radius 3 is 2.72 bits per heavy atom. The number of aliphatic hydroxyl groups excluding tert-OH is 1. The van der Waals surface area contributed by atoms with Crippen LogP contribution in [-0.4, -0.2) is 39.3 Å². The minimum Gasteiger partial charge on any atom is -0.465 e. The fourth-order valence-corrected chi connectivity index (χ4v) is 2.56. The highest BCUT2D eigenvalue weighted by molar-refractivity contribution is 7.89. The largest absolute Gasteiger partial charge is 0.465 e. The van der Waals surface area contributed by atoms with Crippen molar-refractivity contribution in [2.24, 2.45) is 0 Å². The second-order valence-electron chi connectivity index (χ2n) is 3.72. The molecule has 0 heterocycles. The molecule has 18 heavy (non-hydrogen) atoms. The zero-order chi connectivity index (χ0) is 13.8. The lowest BCUT2D eigenvalue weighted by Gasteiger charge is -2.11. The summed E-state index contributed by atoms with van der Waals surface area (Å²) >= 11 is 0. The predicted molar refractivity (Wildman–Crippen MR) is 64.7 cm³/mol. The SMILES string of the molecule is COC(=O)c1cccc(S(=O)(=O)N[C@H](C)CO)c1. The van der Waals surface area contributed by atoms with Gasteiger partial charge in [-0.25, -0.2) is 17.9 Å². The van der Waals surface area contributed by atoms with Gasteiger partial charge >= 0.3 is 5.97 Å². The molecule has 6 nitrogen and oxygen atoms in total. The third-order valence-corrected chi connectivity index (χ3v) is 3.78. The summed E-state index contributed by atoms with van der Waals surface area (Å²) in [5.74, 6) is -0.609. The van der Waals surface area contributed by atoms with E-state index in [0.29, 0.717) is 0 Å². The van der Waals surface area contributed by atoms with E-state index in [9.17, 15) is 13.2 Å². The number of hydrogen-bond donors (Lipinski definition) is 2. The van der Waals surface area contributed by atoms with Crippen molar-refractivity contribution < 1.29 is 23.1 Å². The first kappa shape index (κ1) is 14.6. The number of rotatable bonds is 5. The summed E-state index contributed by atoms with van der Waals surface area (Å²) in [5, 5.41) is 8.82. The Bertz CT molecular complexity index is 526. The van der Waals surface area contributed by atoms with E-state index in [0.717, 1.165) is 0 Å². The summed E-state index contributed by atoms with van der Waals surface area (Å²) in [4.78, 5) is 11.2. The Kier molecular flexibility index (Phi) is 4.83. The maximum Gasteiger partial charge on any atom is 0.337 e. The highest BCUT2D eigenvalue weighted by atomic mass is 32.2. The number of esters is 1. The molecule has 0 aliphatic heterocycles. The zero-order valence-electron chi connectivity index (χ0n) is 10.1. The van der Waals surface area contributed by atoms with E-state index in [4.69, 9.17) is 5.11 Å². The monoisotopic (exact) mass is 273 g/mol. The van der Waals surface area contributed by atoms with Crippen LogP contribution in [0.4, 0.5) is 0 Å². The summed E-state index contributed by atoms with van der Waals surface area (Å²) in [7, 11) is -2.54. The standard InChI is InChI=1S/C11H15NO5S/c1-8(7-13)12-18(15,16)10-5-3-4-9(6-10)11(14)17-2/h3-6,8,12-13H,7H2,1-2H3/t8-/m1/s1. The summed E-state index contributed by atoms with van der Waals surface area (Å²) in [5.41, 5.74) is 0.150. The molecule has 0 unspecified atom stereocenters. The number of ether oxygens (including phenoxy) is 1. The van der Waals surface area contributed by atoms with Crippen molar-refractivity contribution in [1.82, 2.24) is 4.72 Å². The Balaban J connectivity index is 3.06. The van der Waals surface area contributed by atoms with Crippen LogP contribution in [0.25, 0.3) is 0 Å². The van der Waals surface area contributed by atoms with Gasteiger partial charge in [0, 0.05) is 6.04 Å². The number of carbonyl (C=O) groups excluding carboxylic acids is 1. The molecule has 7 heteroatoms. The van der Waals surface area contributed by atoms with Crippen LogP contribution in [0.15, 0.2) is 29.2 Å². The molecule has 0 aromatic heterocycles. The van der Waals surface area contributed by atoms with Gasteiger partial charge in [0.15, 0.2) is 0 Å². The first-order valence-corrected chi connectivity index (χ1v) is 6.70. The highest BCUT2D eigenvalue weighted by Gasteiger charge is 2.18. The smallest absolute Gasteiger partial charge is 0.337 e. The van der Waals surface area contributed by atoms with Gasteiger partial charge in [0.1, 0.15) is 0 Å². The molecule has 1 rings (SSSR count). The van der Waals surface area contributed by atoms with Crippen LogP contribution in [0.5, 0.6) is 0 Å². The van der Waals surface area contributed by atoms with Gasteiger partial charge in [-0.15, -0.1) is 0 Å². The average molecular weight is 273 g/mol. The van der Waals surface area contributed by atoms with Gasteiger partial charge in [-0.3, -0.25) is 0 Å². The molecule has 2 N–H and O–H groups in total. The molecule has 0 aliphatic rings. The minimum atomic E-state index is -3.75. The van der Waals surface area contributed by atoms with E-state index >= 15 is 0 Å². The number of aliphatic hydroxyl groups is 1. The molecular formula is C11H15NO5S. The quantitative estimate of drug-likeness (QED) is 0.744. The third kappa shape index (κ3) is 3.52.